The van der Waals surface area contributed by atoms with Crippen LogP contribution in [0.15, 0.2) is 67.1 Å². The Kier molecular flexibility index (Phi) is 8.55. The van der Waals surface area contributed by atoms with E-state index in [1.165, 1.54) is 11.1 Å². The van der Waals surface area contributed by atoms with Gasteiger partial charge in [-0.15, -0.1) is 0 Å². The molecule has 2 atom stereocenters. The van der Waals surface area contributed by atoms with Crippen LogP contribution in [0, 0.1) is 31.1 Å². The fourth-order valence-corrected chi connectivity index (χ4v) is 3.37. The van der Waals surface area contributed by atoms with Crippen LogP contribution in [0.1, 0.15) is 55.8 Å². The van der Waals surface area contributed by atoms with Gasteiger partial charge in [-0.1, -0.05) is 44.7 Å². The summed E-state index contributed by atoms with van der Waals surface area (Å²) in [6.07, 6.45) is 2.38. The predicted octanol–water partition coefficient (Wildman–Crippen LogP) is 6.79. The number of aryl methyl sites for hydroxylation is 2. The maximum atomic E-state index is 8.94. The van der Waals surface area contributed by atoms with Crippen molar-refractivity contribution in [2.45, 2.75) is 53.0 Å². The van der Waals surface area contributed by atoms with Crippen LogP contribution < -0.4 is 16.0 Å². The van der Waals surface area contributed by atoms with E-state index in [2.05, 4.69) is 93.2 Å². The van der Waals surface area contributed by atoms with Crippen molar-refractivity contribution in [3.05, 3.63) is 83.8 Å². The first-order chi connectivity index (χ1) is 14.3. The van der Waals surface area contributed by atoms with Gasteiger partial charge >= 0.3 is 0 Å². The highest BCUT2D eigenvalue weighted by Gasteiger charge is 2.11. The Morgan fingerprint density at radius 1 is 1.03 bits per heavy atom. The molecular weight excluding hydrogens is 368 g/mol. The molecule has 1 unspecified atom stereocenters. The van der Waals surface area contributed by atoms with Crippen LogP contribution in [-0.4, -0.2) is 0 Å². The van der Waals surface area contributed by atoms with E-state index in [-0.39, 0.29) is 6.04 Å². The van der Waals surface area contributed by atoms with Crippen LogP contribution >= 0.6 is 0 Å². The Bertz CT molecular complexity index is 923. The monoisotopic (exact) mass is 402 g/mol. The van der Waals surface area contributed by atoms with E-state index in [1.807, 2.05) is 12.1 Å². The molecule has 2 aromatic rings. The summed E-state index contributed by atoms with van der Waals surface area (Å²) in [5.41, 5.74) is 6.64. The molecule has 0 amide bonds. The summed E-state index contributed by atoms with van der Waals surface area (Å²) >= 11 is 0. The van der Waals surface area contributed by atoms with Gasteiger partial charge in [0.1, 0.15) is 5.82 Å². The fraction of sp³-hybridized carbons (Fsp3) is 0.346. The molecule has 158 valence electrons. The summed E-state index contributed by atoms with van der Waals surface area (Å²) < 4.78 is 0. The van der Waals surface area contributed by atoms with Gasteiger partial charge in [0.25, 0.3) is 0 Å². The van der Waals surface area contributed by atoms with Crippen molar-refractivity contribution in [1.29, 1.82) is 5.26 Å². The summed E-state index contributed by atoms with van der Waals surface area (Å²) in [5, 5.41) is 19.1. The molecule has 2 rings (SSSR count). The predicted molar refractivity (Wildman–Crippen MR) is 128 cm³/mol. The molecule has 0 heterocycles. The molecule has 0 aliphatic carbocycles. The summed E-state index contributed by atoms with van der Waals surface area (Å²) in [5.74, 6) is 1.08. The van der Waals surface area contributed by atoms with Gasteiger partial charge in [-0.3, -0.25) is 0 Å². The molecule has 4 nitrogen and oxygen atoms in total. The quantitative estimate of drug-likeness (QED) is 0.387. The Hall–Kier alpha value is -3.19. The Labute approximate surface area is 181 Å². The zero-order chi connectivity index (χ0) is 22.1. The number of hydrogen-bond acceptors (Lipinski definition) is 4. The normalized spacial score (nSPS) is 12.4. The molecule has 0 radical (unpaired) electrons. The zero-order valence-corrected chi connectivity index (χ0v) is 18.7. The summed E-state index contributed by atoms with van der Waals surface area (Å²) in [7, 11) is 0. The lowest BCUT2D eigenvalue weighted by Crippen LogP contribution is -2.19. The SMILES string of the molecule is C=C(CC(CC)CC#N)N[C@@H](C)c1cccc(NC(=C)Nc2ccc(C)c(C)c2)c1. The van der Waals surface area contributed by atoms with E-state index in [0.717, 1.165) is 41.3 Å². The molecule has 0 saturated carbocycles. The Morgan fingerprint density at radius 2 is 1.73 bits per heavy atom. The first-order valence-corrected chi connectivity index (χ1v) is 10.5. The number of anilines is 2. The minimum absolute atomic E-state index is 0.125. The number of benzene rings is 2. The van der Waals surface area contributed by atoms with E-state index in [1.54, 1.807) is 0 Å². The average Bonchev–Trinajstić information content (AvgIpc) is 2.70. The third-order valence-corrected chi connectivity index (χ3v) is 5.40. The van der Waals surface area contributed by atoms with Crippen molar-refractivity contribution in [2.24, 2.45) is 5.92 Å². The fourth-order valence-electron chi connectivity index (χ4n) is 3.37. The lowest BCUT2D eigenvalue weighted by Gasteiger charge is -2.21. The molecule has 0 saturated heterocycles. The van der Waals surface area contributed by atoms with Crippen molar-refractivity contribution < 1.29 is 0 Å². The molecule has 0 bridgehead atoms. The van der Waals surface area contributed by atoms with Crippen LogP contribution in [0.4, 0.5) is 11.4 Å². The number of nitrogens with one attached hydrogen (secondary N) is 3. The molecule has 0 fully saturated rings. The third-order valence-electron chi connectivity index (χ3n) is 5.40. The van der Waals surface area contributed by atoms with Gasteiger partial charge in [0.05, 0.1) is 6.07 Å². The molecule has 0 aromatic heterocycles. The minimum Gasteiger partial charge on any atom is -0.382 e. The molecule has 30 heavy (non-hydrogen) atoms. The molecule has 0 aliphatic rings. The zero-order valence-electron chi connectivity index (χ0n) is 18.7. The molecule has 0 aliphatic heterocycles. The summed E-state index contributed by atoms with van der Waals surface area (Å²) in [6.45, 7) is 16.7. The Balaban J connectivity index is 1.96. The van der Waals surface area contributed by atoms with Crippen LogP contribution in [0.5, 0.6) is 0 Å². The van der Waals surface area contributed by atoms with Crippen LogP contribution in [-0.2, 0) is 0 Å². The highest BCUT2D eigenvalue weighted by molar-refractivity contribution is 5.57. The van der Waals surface area contributed by atoms with Gasteiger partial charge in [0, 0.05) is 29.5 Å². The molecule has 4 heteroatoms. The minimum atomic E-state index is 0.125. The van der Waals surface area contributed by atoms with E-state index >= 15 is 0 Å². The molecule has 0 spiro atoms. The highest BCUT2D eigenvalue weighted by Crippen LogP contribution is 2.23. The van der Waals surface area contributed by atoms with Crippen molar-refractivity contribution in [3.8, 4) is 6.07 Å². The van der Waals surface area contributed by atoms with Gasteiger partial charge < -0.3 is 16.0 Å². The van der Waals surface area contributed by atoms with Crippen molar-refractivity contribution in [2.75, 3.05) is 10.6 Å². The van der Waals surface area contributed by atoms with E-state index in [4.69, 9.17) is 5.26 Å². The topological polar surface area (TPSA) is 59.9 Å². The van der Waals surface area contributed by atoms with Gasteiger partial charge in [-0.25, -0.2) is 0 Å². The van der Waals surface area contributed by atoms with Gasteiger partial charge in [0.15, 0.2) is 0 Å². The van der Waals surface area contributed by atoms with Gasteiger partial charge in [0.2, 0.25) is 0 Å². The largest absolute Gasteiger partial charge is 0.382 e. The van der Waals surface area contributed by atoms with E-state index in [0.29, 0.717) is 12.3 Å². The number of rotatable bonds is 11. The first-order valence-electron chi connectivity index (χ1n) is 10.5. The van der Waals surface area contributed by atoms with E-state index in [9.17, 15) is 0 Å². The molecule has 3 N–H and O–H groups in total. The third kappa shape index (κ3) is 7.00. The first kappa shape index (κ1) is 23.1. The lowest BCUT2D eigenvalue weighted by molar-refractivity contribution is 0.487. The number of allylic oxidation sites excluding steroid dienone is 1. The number of nitrogens with zero attached hydrogens (tertiary/aromatic N) is 1. The second-order valence-corrected chi connectivity index (χ2v) is 7.96. The lowest BCUT2D eigenvalue weighted by atomic mass is 9.97. The standard InChI is InChI=1S/C26H34N4/c1-7-23(13-14-27)16-20(4)28-21(5)24-9-8-10-25(17-24)29-22(6)30-26-12-11-18(2)19(3)15-26/h8-12,15,17,21,23,28-30H,4,6-7,13,16H2,1-3,5H3/t21-,23?/m0/s1. The summed E-state index contributed by atoms with van der Waals surface area (Å²) in [4.78, 5) is 0. The highest BCUT2D eigenvalue weighted by atomic mass is 15.1. The van der Waals surface area contributed by atoms with Crippen LogP contribution in [0.2, 0.25) is 0 Å². The average molecular weight is 403 g/mol. The van der Waals surface area contributed by atoms with Crippen molar-refractivity contribution in [3.63, 3.8) is 0 Å². The maximum Gasteiger partial charge on any atom is 0.100 e. The van der Waals surface area contributed by atoms with Crippen molar-refractivity contribution in [1.82, 2.24) is 5.32 Å². The number of nitriles is 1. The maximum absolute atomic E-state index is 8.94. The smallest absolute Gasteiger partial charge is 0.100 e. The summed E-state index contributed by atoms with van der Waals surface area (Å²) in [6, 6.07) is 16.9. The molecular formula is C26H34N4. The van der Waals surface area contributed by atoms with Crippen LogP contribution in [0.3, 0.4) is 0 Å². The van der Waals surface area contributed by atoms with Crippen molar-refractivity contribution >= 4 is 11.4 Å². The van der Waals surface area contributed by atoms with Gasteiger partial charge in [-0.05, 0) is 74.1 Å². The molecule has 2 aromatic carbocycles. The Morgan fingerprint density at radius 3 is 2.37 bits per heavy atom. The second kappa shape index (κ2) is 11.1. The second-order valence-electron chi connectivity index (χ2n) is 7.96. The van der Waals surface area contributed by atoms with E-state index < -0.39 is 0 Å². The number of hydrogen-bond donors (Lipinski definition) is 3. The van der Waals surface area contributed by atoms with Gasteiger partial charge in [-0.2, -0.15) is 5.26 Å². The van der Waals surface area contributed by atoms with Crippen LogP contribution in [0.25, 0.3) is 0 Å².